The van der Waals surface area contributed by atoms with Crippen molar-refractivity contribution in [2.24, 2.45) is 0 Å². The molecule has 3 N–H and O–H groups in total. The smallest absolute Gasteiger partial charge is 0.340 e. The lowest BCUT2D eigenvalue weighted by atomic mass is 10.2. The van der Waals surface area contributed by atoms with Crippen molar-refractivity contribution in [3.63, 3.8) is 0 Å². The van der Waals surface area contributed by atoms with E-state index in [1.54, 1.807) is 18.2 Å². The van der Waals surface area contributed by atoms with Gasteiger partial charge >= 0.3 is 5.97 Å². The number of H-pyrrole nitrogens is 1. The van der Waals surface area contributed by atoms with E-state index in [0.29, 0.717) is 11.4 Å². The summed E-state index contributed by atoms with van der Waals surface area (Å²) in [5, 5.41) is 14.6. The summed E-state index contributed by atoms with van der Waals surface area (Å²) < 4.78 is 26.3. The van der Waals surface area contributed by atoms with Crippen LogP contribution in [0.25, 0.3) is 0 Å². The maximum absolute atomic E-state index is 12.0. The van der Waals surface area contributed by atoms with Crippen LogP contribution in [0.2, 0.25) is 5.02 Å². The van der Waals surface area contributed by atoms with Gasteiger partial charge in [-0.2, -0.15) is 5.10 Å². The van der Waals surface area contributed by atoms with Crippen LogP contribution in [0.3, 0.4) is 0 Å². The fraction of sp³-hybridized carbons (Fsp3) is 0.167. The predicted octanol–water partition coefficient (Wildman–Crippen LogP) is 1.28. The first-order chi connectivity index (χ1) is 9.90. The molecule has 0 saturated carbocycles. The summed E-state index contributed by atoms with van der Waals surface area (Å²) in [6, 6.07) is 7.04. The molecule has 7 nitrogen and oxygen atoms in total. The topological polar surface area (TPSA) is 112 Å². The van der Waals surface area contributed by atoms with Gasteiger partial charge < -0.3 is 5.11 Å². The third kappa shape index (κ3) is 3.81. The highest BCUT2D eigenvalue weighted by Gasteiger charge is 2.24. The van der Waals surface area contributed by atoms with E-state index in [0.717, 1.165) is 11.8 Å². The average Bonchev–Trinajstić information content (AvgIpc) is 2.88. The first-order valence-electron chi connectivity index (χ1n) is 5.91. The second-order valence-corrected chi connectivity index (χ2v) is 6.34. The number of halogens is 1. The number of nitrogens with zero attached hydrogens (tertiary/aromatic N) is 1. The van der Waals surface area contributed by atoms with Crippen LogP contribution in [-0.2, 0) is 16.4 Å². The number of benzene rings is 1. The second-order valence-electron chi connectivity index (χ2n) is 4.20. The van der Waals surface area contributed by atoms with Crippen LogP contribution < -0.4 is 4.72 Å². The molecule has 1 aromatic carbocycles. The van der Waals surface area contributed by atoms with Crippen LogP contribution in [0.4, 0.5) is 0 Å². The van der Waals surface area contributed by atoms with E-state index in [4.69, 9.17) is 16.7 Å². The predicted molar refractivity (Wildman–Crippen MR) is 75.9 cm³/mol. The molecule has 2 aromatic rings. The Morgan fingerprint density at radius 2 is 2.19 bits per heavy atom. The van der Waals surface area contributed by atoms with Crippen molar-refractivity contribution < 1.29 is 18.3 Å². The van der Waals surface area contributed by atoms with Gasteiger partial charge in [0.2, 0.25) is 0 Å². The van der Waals surface area contributed by atoms with Gasteiger partial charge in [0.1, 0.15) is 5.56 Å². The summed E-state index contributed by atoms with van der Waals surface area (Å²) in [6.45, 7) is 0.112. The number of rotatable bonds is 6. The maximum atomic E-state index is 12.0. The molecule has 0 bridgehead atoms. The lowest BCUT2D eigenvalue weighted by molar-refractivity contribution is 0.0692. The van der Waals surface area contributed by atoms with Gasteiger partial charge in [0.15, 0.2) is 5.03 Å². The standard InChI is InChI=1S/C12H12ClN3O4S/c13-9-3-1-2-8(6-9)4-5-15-21(19,20)11-10(12(17)18)7-14-16-11/h1-3,6-7,15H,4-5H2,(H,14,16)(H,17,18). The number of aromatic nitrogens is 2. The van der Waals surface area contributed by atoms with Gasteiger partial charge in [-0.15, -0.1) is 0 Å². The normalized spacial score (nSPS) is 11.5. The number of hydrogen-bond acceptors (Lipinski definition) is 4. The number of aromatic amines is 1. The van der Waals surface area contributed by atoms with E-state index >= 15 is 0 Å². The second kappa shape index (κ2) is 6.25. The molecule has 0 aliphatic carbocycles. The van der Waals surface area contributed by atoms with Crippen molar-refractivity contribution >= 4 is 27.6 Å². The fourth-order valence-corrected chi connectivity index (χ4v) is 3.06. The number of nitrogens with one attached hydrogen (secondary N) is 2. The van der Waals surface area contributed by atoms with Crippen molar-refractivity contribution in [2.75, 3.05) is 6.54 Å². The first-order valence-corrected chi connectivity index (χ1v) is 7.77. The Hall–Kier alpha value is -1.90. The van der Waals surface area contributed by atoms with E-state index in [2.05, 4.69) is 14.9 Å². The minimum Gasteiger partial charge on any atom is -0.478 e. The number of carboxylic acid groups (broad SMARTS) is 1. The number of hydrogen-bond donors (Lipinski definition) is 3. The quantitative estimate of drug-likeness (QED) is 0.739. The summed E-state index contributed by atoms with van der Waals surface area (Å²) in [7, 11) is -3.95. The van der Waals surface area contributed by atoms with Gasteiger partial charge in [0.25, 0.3) is 10.0 Å². The van der Waals surface area contributed by atoms with Crippen molar-refractivity contribution in [2.45, 2.75) is 11.4 Å². The number of aromatic carboxylic acids is 1. The molecule has 0 saturated heterocycles. The Kier molecular flexibility index (Phi) is 4.61. The summed E-state index contributed by atoms with van der Waals surface area (Å²) in [5.41, 5.74) is 0.471. The monoisotopic (exact) mass is 329 g/mol. The fourth-order valence-electron chi connectivity index (χ4n) is 1.73. The molecule has 0 atom stereocenters. The lowest BCUT2D eigenvalue weighted by Crippen LogP contribution is -2.27. The highest BCUT2D eigenvalue weighted by Crippen LogP contribution is 2.13. The molecule has 1 aromatic heterocycles. The molecule has 0 fully saturated rings. The molecular weight excluding hydrogens is 318 g/mol. The van der Waals surface area contributed by atoms with E-state index < -0.39 is 26.6 Å². The molecule has 0 spiro atoms. The van der Waals surface area contributed by atoms with E-state index in [1.807, 2.05) is 6.07 Å². The maximum Gasteiger partial charge on any atom is 0.340 e. The highest BCUT2D eigenvalue weighted by atomic mass is 35.5. The van der Waals surface area contributed by atoms with Crippen molar-refractivity contribution in [3.05, 3.63) is 46.6 Å². The number of carbonyl (C=O) groups is 1. The van der Waals surface area contributed by atoms with Crippen LogP contribution in [0.5, 0.6) is 0 Å². The molecule has 1 heterocycles. The highest BCUT2D eigenvalue weighted by molar-refractivity contribution is 7.89. The summed E-state index contributed by atoms with van der Waals surface area (Å²) >= 11 is 5.83. The number of carboxylic acids is 1. The van der Waals surface area contributed by atoms with Gasteiger partial charge in [-0.25, -0.2) is 17.9 Å². The molecule has 0 unspecified atom stereocenters. The van der Waals surface area contributed by atoms with Crippen LogP contribution in [0, 0.1) is 0 Å². The third-order valence-electron chi connectivity index (χ3n) is 2.70. The summed E-state index contributed by atoms with van der Waals surface area (Å²) in [6.07, 6.45) is 1.38. The molecule has 9 heteroatoms. The zero-order chi connectivity index (χ0) is 15.5. The lowest BCUT2D eigenvalue weighted by Gasteiger charge is -2.06. The Bertz CT molecular complexity index is 757. The summed E-state index contributed by atoms with van der Waals surface area (Å²) in [4.78, 5) is 10.9. The Balaban J connectivity index is 2.05. The molecule has 0 radical (unpaired) electrons. The minimum atomic E-state index is -3.95. The SMILES string of the molecule is O=C(O)c1cn[nH]c1S(=O)(=O)NCCc1cccc(Cl)c1. The van der Waals surface area contributed by atoms with Gasteiger partial charge in [0, 0.05) is 11.6 Å². The Labute approximate surface area is 126 Å². The van der Waals surface area contributed by atoms with Gasteiger partial charge in [-0.1, -0.05) is 23.7 Å². The minimum absolute atomic E-state index is 0.112. The van der Waals surface area contributed by atoms with Gasteiger partial charge in [0.05, 0.1) is 6.20 Å². The van der Waals surface area contributed by atoms with Crippen LogP contribution in [0.15, 0.2) is 35.5 Å². The molecule has 112 valence electrons. The van der Waals surface area contributed by atoms with E-state index in [9.17, 15) is 13.2 Å². The number of sulfonamides is 1. The van der Waals surface area contributed by atoms with Crippen molar-refractivity contribution in [1.29, 1.82) is 0 Å². The first kappa shape index (κ1) is 15.5. The summed E-state index contributed by atoms with van der Waals surface area (Å²) in [5.74, 6) is -1.36. The Morgan fingerprint density at radius 1 is 1.43 bits per heavy atom. The molecular formula is C12H12ClN3O4S. The van der Waals surface area contributed by atoms with E-state index in [1.165, 1.54) is 0 Å². The zero-order valence-corrected chi connectivity index (χ0v) is 12.3. The van der Waals surface area contributed by atoms with Crippen molar-refractivity contribution in [1.82, 2.24) is 14.9 Å². The van der Waals surface area contributed by atoms with Gasteiger partial charge in [-0.3, -0.25) is 5.10 Å². The molecule has 0 aliphatic rings. The average molecular weight is 330 g/mol. The van der Waals surface area contributed by atoms with Crippen LogP contribution in [0.1, 0.15) is 15.9 Å². The zero-order valence-electron chi connectivity index (χ0n) is 10.7. The molecule has 0 amide bonds. The third-order valence-corrected chi connectivity index (χ3v) is 4.37. The van der Waals surface area contributed by atoms with Crippen LogP contribution >= 0.6 is 11.6 Å². The van der Waals surface area contributed by atoms with Gasteiger partial charge in [-0.05, 0) is 24.1 Å². The van der Waals surface area contributed by atoms with Crippen LogP contribution in [-0.4, -0.2) is 36.2 Å². The largest absolute Gasteiger partial charge is 0.478 e. The van der Waals surface area contributed by atoms with E-state index in [-0.39, 0.29) is 6.54 Å². The molecule has 0 aliphatic heterocycles. The molecule has 2 rings (SSSR count). The Morgan fingerprint density at radius 3 is 2.86 bits per heavy atom. The molecule has 21 heavy (non-hydrogen) atoms. The van der Waals surface area contributed by atoms with Crippen molar-refractivity contribution in [3.8, 4) is 0 Å².